The van der Waals surface area contributed by atoms with Gasteiger partial charge in [-0.25, -0.2) is 4.52 Å². The maximum Gasteiger partial charge on any atom is 0.0664 e. The second-order valence-electron chi connectivity index (χ2n) is 7.36. The van der Waals surface area contributed by atoms with Gasteiger partial charge in [0.15, 0.2) is 0 Å². The van der Waals surface area contributed by atoms with Crippen LogP contribution in [-0.2, 0) is 13.5 Å². The number of hydrogen-bond acceptors (Lipinski definition) is 3. The molecule has 0 aliphatic carbocycles. The van der Waals surface area contributed by atoms with E-state index < -0.39 is 0 Å². The number of aromatic nitrogens is 4. The zero-order valence-electron chi connectivity index (χ0n) is 15.4. The lowest BCUT2D eigenvalue weighted by Gasteiger charge is -2.32. The number of aryl methyl sites for hydroxylation is 2. The number of hydrogen-bond donors (Lipinski definition) is 0. The summed E-state index contributed by atoms with van der Waals surface area (Å²) in [6.07, 6.45) is 9.71. The number of likely N-dealkylation sites (tertiary alicyclic amines) is 1. The van der Waals surface area contributed by atoms with E-state index in [2.05, 4.69) is 47.3 Å². The van der Waals surface area contributed by atoms with Gasteiger partial charge in [0.2, 0.25) is 0 Å². The molecule has 0 N–H and O–H groups in total. The lowest BCUT2D eigenvalue weighted by molar-refractivity contribution is 0.214. The van der Waals surface area contributed by atoms with Crippen molar-refractivity contribution in [2.45, 2.75) is 39.0 Å². The van der Waals surface area contributed by atoms with Gasteiger partial charge in [0.25, 0.3) is 0 Å². The largest absolute Gasteiger partial charge is 0.303 e. The van der Waals surface area contributed by atoms with Gasteiger partial charge in [-0.2, -0.15) is 10.2 Å². The fourth-order valence-corrected chi connectivity index (χ4v) is 4.05. The standard InChI is InChI=1S/C20H27N5/c1-15-12-19-4-8-21-25(19)14-20(15)17-5-9-24(10-6-17)11-7-18-13-22-23(3)16(18)2/h4,8,12-14,17H,5-7,9-11H2,1-3H3. The van der Waals surface area contributed by atoms with E-state index >= 15 is 0 Å². The van der Waals surface area contributed by atoms with Crippen LogP contribution in [0.4, 0.5) is 0 Å². The molecule has 3 aromatic heterocycles. The molecule has 0 amide bonds. The summed E-state index contributed by atoms with van der Waals surface area (Å²) in [6.45, 7) is 7.89. The molecule has 0 spiro atoms. The van der Waals surface area contributed by atoms with E-state index in [-0.39, 0.29) is 0 Å². The summed E-state index contributed by atoms with van der Waals surface area (Å²) >= 11 is 0. The minimum Gasteiger partial charge on any atom is -0.303 e. The summed E-state index contributed by atoms with van der Waals surface area (Å²) in [6, 6.07) is 4.33. The van der Waals surface area contributed by atoms with Crippen molar-refractivity contribution in [2.24, 2.45) is 7.05 Å². The van der Waals surface area contributed by atoms with Gasteiger partial charge in [0.1, 0.15) is 0 Å². The molecular weight excluding hydrogens is 310 g/mol. The lowest BCUT2D eigenvalue weighted by atomic mass is 9.88. The molecule has 0 saturated carbocycles. The van der Waals surface area contributed by atoms with Gasteiger partial charge in [0, 0.05) is 31.7 Å². The van der Waals surface area contributed by atoms with E-state index in [4.69, 9.17) is 0 Å². The molecule has 0 bridgehead atoms. The third-order valence-corrected chi connectivity index (χ3v) is 5.84. The molecular formula is C20H27N5. The molecule has 0 atom stereocenters. The van der Waals surface area contributed by atoms with E-state index in [1.54, 1.807) is 0 Å². The van der Waals surface area contributed by atoms with Gasteiger partial charge >= 0.3 is 0 Å². The van der Waals surface area contributed by atoms with Gasteiger partial charge in [-0.3, -0.25) is 4.68 Å². The second-order valence-corrected chi connectivity index (χ2v) is 7.36. The Labute approximate surface area is 149 Å². The predicted octanol–water partition coefficient (Wildman–Crippen LogP) is 3.11. The fraction of sp³-hybridized carbons (Fsp3) is 0.500. The molecule has 5 nitrogen and oxygen atoms in total. The van der Waals surface area contributed by atoms with Crippen molar-refractivity contribution in [1.82, 2.24) is 24.3 Å². The molecule has 3 aromatic rings. The van der Waals surface area contributed by atoms with Gasteiger partial charge in [0.05, 0.1) is 11.7 Å². The van der Waals surface area contributed by atoms with Crippen LogP contribution in [0.2, 0.25) is 0 Å². The first-order valence-corrected chi connectivity index (χ1v) is 9.25. The number of fused-ring (bicyclic) bond motifs is 1. The first kappa shape index (κ1) is 16.3. The predicted molar refractivity (Wildman–Crippen MR) is 100.0 cm³/mol. The number of nitrogens with zero attached hydrogens (tertiary/aromatic N) is 5. The van der Waals surface area contributed by atoms with Crippen molar-refractivity contribution in [1.29, 1.82) is 0 Å². The van der Waals surface area contributed by atoms with Crippen molar-refractivity contribution < 1.29 is 0 Å². The maximum absolute atomic E-state index is 4.40. The molecule has 1 aliphatic heterocycles. The van der Waals surface area contributed by atoms with Crippen molar-refractivity contribution in [3.05, 3.63) is 53.1 Å². The molecule has 4 heterocycles. The maximum atomic E-state index is 4.40. The van der Waals surface area contributed by atoms with Crippen LogP contribution >= 0.6 is 0 Å². The normalized spacial score (nSPS) is 16.8. The van der Waals surface area contributed by atoms with E-state index in [9.17, 15) is 0 Å². The molecule has 4 rings (SSSR count). The summed E-state index contributed by atoms with van der Waals surface area (Å²) < 4.78 is 3.98. The van der Waals surface area contributed by atoms with Crippen LogP contribution < -0.4 is 0 Å². The van der Waals surface area contributed by atoms with E-state index in [0.29, 0.717) is 5.92 Å². The Morgan fingerprint density at radius 2 is 1.96 bits per heavy atom. The van der Waals surface area contributed by atoms with Crippen molar-refractivity contribution in [3.63, 3.8) is 0 Å². The fourth-order valence-electron chi connectivity index (χ4n) is 4.05. The van der Waals surface area contributed by atoms with Gasteiger partial charge in [-0.1, -0.05) is 0 Å². The van der Waals surface area contributed by atoms with E-state index in [1.807, 2.05) is 28.6 Å². The summed E-state index contributed by atoms with van der Waals surface area (Å²) in [7, 11) is 2.02. The summed E-state index contributed by atoms with van der Waals surface area (Å²) in [5.41, 5.74) is 6.73. The van der Waals surface area contributed by atoms with Crippen LogP contribution in [0.3, 0.4) is 0 Å². The number of rotatable bonds is 4. The quantitative estimate of drug-likeness (QED) is 0.734. The second kappa shape index (κ2) is 6.64. The third kappa shape index (κ3) is 3.21. The van der Waals surface area contributed by atoms with Crippen LogP contribution in [0.15, 0.2) is 30.7 Å². The molecule has 5 heteroatoms. The minimum atomic E-state index is 0.657. The first-order chi connectivity index (χ1) is 12.1. The molecule has 1 saturated heterocycles. The number of pyridine rings is 1. The molecule has 0 unspecified atom stereocenters. The topological polar surface area (TPSA) is 38.4 Å². The highest BCUT2D eigenvalue weighted by atomic mass is 15.3. The Kier molecular flexibility index (Phi) is 4.34. The molecule has 1 aliphatic rings. The van der Waals surface area contributed by atoms with Crippen molar-refractivity contribution in [3.8, 4) is 0 Å². The first-order valence-electron chi connectivity index (χ1n) is 9.25. The minimum absolute atomic E-state index is 0.657. The van der Waals surface area contributed by atoms with Crippen molar-refractivity contribution >= 4 is 5.52 Å². The summed E-state index contributed by atoms with van der Waals surface area (Å²) in [5, 5.41) is 8.75. The van der Waals surface area contributed by atoms with Crippen LogP contribution in [0.25, 0.3) is 5.52 Å². The Hall–Kier alpha value is -2.14. The molecule has 0 radical (unpaired) electrons. The Morgan fingerprint density at radius 1 is 1.16 bits per heavy atom. The average Bonchev–Trinajstić information content (AvgIpc) is 3.20. The summed E-state index contributed by atoms with van der Waals surface area (Å²) in [4.78, 5) is 2.60. The van der Waals surface area contributed by atoms with Crippen LogP contribution in [-0.4, -0.2) is 43.9 Å². The SMILES string of the molecule is Cc1cc2ccnn2cc1C1CCN(CCc2cnn(C)c2C)CC1. The third-order valence-electron chi connectivity index (χ3n) is 5.84. The van der Waals surface area contributed by atoms with E-state index in [0.717, 1.165) is 13.0 Å². The van der Waals surface area contributed by atoms with Crippen LogP contribution in [0.5, 0.6) is 0 Å². The van der Waals surface area contributed by atoms with Gasteiger partial charge < -0.3 is 4.90 Å². The zero-order chi connectivity index (χ0) is 17.4. The Morgan fingerprint density at radius 3 is 2.68 bits per heavy atom. The van der Waals surface area contributed by atoms with Gasteiger partial charge in [-0.05, 0) is 80.9 Å². The smallest absolute Gasteiger partial charge is 0.0664 e. The molecule has 132 valence electrons. The van der Waals surface area contributed by atoms with Crippen LogP contribution in [0, 0.1) is 13.8 Å². The summed E-state index contributed by atoms with van der Waals surface area (Å²) in [5.74, 6) is 0.657. The van der Waals surface area contributed by atoms with Crippen molar-refractivity contribution in [2.75, 3.05) is 19.6 Å². The van der Waals surface area contributed by atoms with Crippen LogP contribution in [0.1, 0.15) is 41.1 Å². The highest BCUT2D eigenvalue weighted by Crippen LogP contribution is 2.30. The average molecular weight is 337 g/mol. The zero-order valence-corrected chi connectivity index (χ0v) is 15.4. The Bertz CT molecular complexity index is 867. The molecule has 0 aromatic carbocycles. The number of piperidine rings is 1. The van der Waals surface area contributed by atoms with Gasteiger partial charge in [-0.15, -0.1) is 0 Å². The highest BCUT2D eigenvalue weighted by Gasteiger charge is 2.22. The molecule has 25 heavy (non-hydrogen) atoms. The van der Waals surface area contributed by atoms with E-state index in [1.165, 1.54) is 53.8 Å². The molecule has 1 fully saturated rings. The lowest BCUT2D eigenvalue weighted by Crippen LogP contribution is -2.34. The monoisotopic (exact) mass is 337 g/mol. The Balaban J connectivity index is 1.37. The highest BCUT2D eigenvalue weighted by molar-refractivity contribution is 5.50.